The molecule has 0 spiro atoms. The third-order valence-electron chi connectivity index (χ3n) is 6.43. The molecule has 1 aliphatic heterocycles. The first-order valence-corrected chi connectivity index (χ1v) is 10.1. The van der Waals surface area contributed by atoms with Gasteiger partial charge in [-0.3, -0.25) is 0 Å². The van der Waals surface area contributed by atoms with Gasteiger partial charge in [0.05, 0.1) is 6.20 Å². The number of fused-ring (bicyclic) bond motifs is 2. The summed E-state index contributed by atoms with van der Waals surface area (Å²) >= 11 is 0. The molecule has 2 aromatic rings. The van der Waals surface area contributed by atoms with E-state index in [9.17, 15) is 4.79 Å². The number of aromatic nitrogens is 1. The van der Waals surface area contributed by atoms with Gasteiger partial charge in [-0.2, -0.15) is 0 Å². The summed E-state index contributed by atoms with van der Waals surface area (Å²) in [4.78, 5) is 14.8. The van der Waals surface area contributed by atoms with Gasteiger partial charge in [0.25, 0.3) is 0 Å². The molecule has 5 nitrogen and oxygen atoms in total. The molecule has 1 unspecified atom stereocenters. The van der Waals surface area contributed by atoms with Gasteiger partial charge in [-0.25, -0.2) is 4.79 Å². The number of hydrogen-bond donors (Lipinski definition) is 0. The largest absolute Gasteiger partial charge is 0.444 e. The van der Waals surface area contributed by atoms with E-state index in [1.54, 1.807) is 0 Å². The van der Waals surface area contributed by atoms with Crippen molar-refractivity contribution in [3.63, 3.8) is 0 Å². The van der Waals surface area contributed by atoms with Gasteiger partial charge >= 0.3 is 6.09 Å². The van der Waals surface area contributed by atoms with E-state index in [2.05, 4.69) is 43.3 Å². The normalized spacial score (nSPS) is 26.3. The van der Waals surface area contributed by atoms with Crippen molar-refractivity contribution in [2.45, 2.75) is 63.9 Å². The highest BCUT2D eigenvalue weighted by molar-refractivity contribution is 5.69. The fraction of sp³-hybridized carbons (Fsp3) is 0.565. The number of piperidine rings is 1. The van der Waals surface area contributed by atoms with Crippen LogP contribution >= 0.6 is 0 Å². The lowest BCUT2D eigenvalue weighted by Gasteiger charge is -2.56. The maximum Gasteiger partial charge on any atom is 0.410 e. The second kappa shape index (κ2) is 6.36. The second-order valence-electron chi connectivity index (χ2n) is 9.84. The molecular weight excluding hydrogens is 352 g/mol. The molecule has 2 atom stereocenters. The Hall–Kier alpha value is -2.30. The van der Waals surface area contributed by atoms with E-state index in [0.717, 1.165) is 24.2 Å². The quantitative estimate of drug-likeness (QED) is 0.717. The summed E-state index contributed by atoms with van der Waals surface area (Å²) < 4.78 is 11.4. The van der Waals surface area contributed by atoms with E-state index in [0.29, 0.717) is 19.0 Å². The number of benzene rings is 1. The Labute approximate surface area is 167 Å². The lowest BCUT2D eigenvalue weighted by Crippen LogP contribution is -2.61. The van der Waals surface area contributed by atoms with Crippen molar-refractivity contribution in [3.05, 3.63) is 53.4 Å². The van der Waals surface area contributed by atoms with Crippen LogP contribution in [0.3, 0.4) is 0 Å². The highest BCUT2D eigenvalue weighted by Crippen LogP contribution is 2.55. The van der Waals surface area contributed by atoms with Crippen molar-refractivity contribution in [1.82, 2.24) is 10.1 Å². The molecule has 2 aliphatic rings. The summed E-state index contributed by atoms with van der Waals surface area (Å²) in [5.41, 5.74) is 1.59. The molecule has 1 aliphatic carbocycles. The molecule has 0 saturated carbocycles. The number of rotatable bonds is 1. The fourth-order valence-corrected chi connectivity index (χ4v) is 5.38. The predicted octanol–water partition coefficient (Wildman–Crippen LogP) is 4.70. The SMILES string of the molecule is CC(C)(C)OC(=O)N1CC[C@H]2C(C)(C)c3oncc3CC2(c2ccccc2)C1. The molecule has 1 fully saturated rings. The fourth-order valence-electron chi connectivity index (χ4n) is 5.38. The van der Waals surface area contributed by atoms with Crippen LogP contribution in [0.5, 0.6) is 0 Å². The maximum absolute atomic E-state index is 12.9. The predicted molar refractivity (Wildman–Crippen MR) is 107 cm³/mol. The summed E-state index contributed by atoms with van der Waals surface area (Å²) in [7, 11) is 0. The summed E-state index contributed by atoms with van der Waals surface area (Å²) in [5.74, 6) is 1.34. The van der Waals surface area contributed by atoms with Crippen LogP contribution in [0.4, 0.5) is 4.79 Å². The molecule has 4 rings (SSSR count). The Morgan fingerprint density at radius 2 is 1.96 bits per heavy atom. The van der Waals surface area contributed by atoms with Gasteiger partial charge in [-0.05, 0) is 45.1 Å². The first kappa shape index (κ1) is 19.0. The van der Waals surface area contributed by atoms with Crippen LogP contribution in [-0.4, -0.2) is 34.8 Å². The van der Waals surface area contributed by atoms with Crippen molar-refractivity contribution in [2.75, 3.05) is 13.1 Å². The molecule has 1 saturated heterocycles. The molecule has 1 aromatic heterocycles. The highest BCUT2D eigenvalue weighted by atomic mass is 16.6. The molecule has 0 radical (unpaired) electrons. The minimum Gasteiger partial charge on any atom is -0.444 e. The van der Waals surface area contributed by atoms with Gasteiger partial charge in [0.1, 0.15) is 11.4 Å². The van der Waals surface area contributed by atoms with Crippen LogP contribution < -0.4 is 0 Å². The number of amides is 1. The van der Waals surface area contributed by atoms with E-state index in [4.69, 9.17) is 9.26 Å². The number of carbonyl (C=O) groups excluding carboxylic acids is 1. The molecule has 5 heteroatoms. The highest BCUT2D eigenvalue weighted by Gasteiger charge is 2.57. The Bertz CT molecular complexity index is 865. The Morgan fingerprint density at radius 1 is 1.25 bits per heavy atom. The Morgan fingerprint density at radius 3 is 2.64 bits per heavy atom. The zero-order valence-corrected chi connectivity index (χ0v) is 17.5. The van der Waals surface area contributed by atoms with Crippen molar-refractivity contribution < 1.29 is 14.1 Å². The monoisotopic (exact) mass is 382 g/mol. The molecule has 1 aromatic carbocycles. The zero-order chi connectivity index (χ0) is 20.2. The number of nitrogens with zero attached hydrogens (tertiary/aromatic N) is 2. The van der Waals surface area contributed by atoms with Crippen LogP contribution in [0.25, 0.3) is 0 Å². The van der Waals surface area contributed by atoms with Crippen molar-refractivity contribution in [3.8, 4) is 0 Å². The van der Waals surface area contributed by atoms with Gasteiger partial charge in [0.2, 0.25) is 0 Å². The molecule has 0 bridgehead atoms. The van der Waals surface area contributed by atoms with Crippen LogP contribution in [0.15, 0.2) is 41.1 Å². The molecule has 2 heterocycles. The van der Waals surface area contributed by atoms with E-state index in [1.807, 2.05) is 37.9 Å². The van der Waals surface area contributed by atoms with Crippen LogP contribution in [0, 0.1) is 5.92 Å². The Balaban J connectivity index is 1.78. The van der Waals surface area contributed by atoms with Gasteiger partial charge in [-0.1, -0.05) is 49.3 Å². The van der Waals surface area contributed by atoms with Crippen LogP contribution in [-0.2, 0) is 22.0 Å². The topological polar surface area (TPSA) is 55.6 Å². The third-order valence-corrected chi connectivity index (χ3v) is 6.43. The molecule has 28 heavy (non-hydrogen) atoms. The van der Waals surface area contributed by atoms with Crippen molar-refractivity contribution >= 4 is 6.09 Å². The van der Waals surface area contributed by atoms with Gasteiger partial charge in [-0.15, -0.1) is 0 Å². The molecule has 0 N–H and O–H groups in total. The first-order chi connectivity index (χ1) is 13.1. The Kier molecular flexibility index (Phi) is 4.32. The minimum atomic E-state index is -0.499. The average molecular weight is 383 g/mol. The van der Waals surface area contributed by atoms with E-state index in [-0.39, 0.29) is 16.9 Å². The van der Waals surface area contributed by atoms with Gasteiger partial charge < -0.3 is 14.2 Å². The standard InChI is InChI=1S/C23H30N2O3/c1-21(2,3)27-20(26)25-12-11-18-22(4,5)19-16(14-24-28-19)13-23(18,15-25)17-9-7-6-8-10-17/h6-10,14,18H,11-13,15H2,1-5H3/t18-,23?/m0/s1. The van der Waals surface area contributed by atoms with E-state index in [1.165, 1.54) is 5.56 Å². The summed E-state index contributed by atoms with van der Waals surface area (Å²) in [6, 6.07) is 10.6. The molecule has 1 amide bonds. The summed E-state index contributed by atoms with van der Waals surface area (Å²) in [6.45, 7) is 11.6. The van der Waals surface area contributed by atoms with Gasteiger partial charge in [0, 0.05) is 29.5 Å². The third kappa shape index (κ3) is 3.01. The van der Waals surface area contributed by atoms with Crippen molar-refractivity contribution in [1.29, 1.82) is 0 Å². The van der Waals surface area contributed by atoms with E-state index >= 15 is 0 Å². The number of ether oxygens (including phenoxy) is 1. The van der Waals surface area contributed by atoms with Gasteiger partial charge in [0.15, 0.2) is 0 Å². The van der Waals surface area contributed by atoms with Crippen molar-refractivity contribution in [2.24, 2.45) is 5.92 Å². The minimum absolute atomic E-state index is 0.153. The lowest BCUT2D eigenvalue weighted by atomic mass is 9.51. The zero-order valence-electron chi connectivity index (χ0n) is 17.5. The number of hydrogen-bond acceptors (Lipinski definition) is 4. The average Bonchev–Trinajstić information content (AvgIpc) is 3.10. The summed E-state index contributed by atoms with van der Waals surface area (Å²) in [5, 5.41) is 4.10. The molecular formula is C23H30N2O3. The summed E-state index contributed by atoms with van der Waals surface area (Å²) in [6.07, 6.45) is 3.35. The smallest absolute Gasteiger partial charge is 0.410 e. The first-order valence-electron chi connectivity index (χ1n) is 10.1. The lowest BCUT2D eigenvalue weighted by molar-refractivity contribution is -0.0117. The van der Waals surface area contributed by atoms with Crippen LogP contribution in [0.1, 0.15) is 57.9 Å². The second-order valence-corrected chi connectivity index (χ2v) is 9.84. The van der Waals surface area contributed by atoms with E-state index < -0.39 is 5.60 Å². The molecule has 150 valence electrons. The maximum atomic E-state index is 12.9. The number of carbonyl (C=O) groups is 1. The number of likely N-dealkylation sites (tertiary alicyclic amines) is 1. The van der Waals surface area contributed by atoms with Crippen LogP contribution in [0.2, 0.25) is 0 Å².